The quantitative estimate of drug-likeness (QED) is 0.751. The molecule has 0 aliphatic heterocycles. The maximum Gasteiger partial charge on any atom is 0.169 e. The summed E-state index contributed by atoms with van der Waals surface area (Å²) in [5.74, 6) is 0.1000. The smallest absolute Gasteiger partial charge is 0.169 e. The van der Waals surface area contributed by atoms with E-state index in [9.17, 15) is 4.79 Å². The van der Waals surface area contributed by atoms with Crippen LogP contribution >= 0.6 is 0 Å². The fraction of sp³-hybridized carbons (Fsp3) is 0.308. The lowest BCUT2D eigenvalue weighted by atomic mass is 10.0. The van der Waals surface area contributed by atoms with E-state index < -0.39 is 0 Å². The van der Waals surface area contributed by atoms with Gasteiger partial charge in [0.2, 0.25) is 0 Å². The van der Waals surface area contributed by atoms with Crippen LogP contribution in [0.4, 0.5) is 0 Å². The molecule has 4 nitrogen and oxygen atoms in total. The number of carbonyl (C=O) groups is 1. The SMILES string of the molecule is CCc1cnccc1C(=O)Cc1ccn(C)n1. The molecule has 2 aromatic heterocycles. The molecule has 2 heterocycles. The minimum absolute atomic E-state index is 0.1000. The van der Waals surface area contributed by atoms with Gasteiger partial charge >= 0.3 is 0 Å². The Morgan fingerprint density at radius 1 is 1.41 bits per heavy atom. The van der Waals surface area contributed by atoms with Crippen LogP contribution in [0, 0.1) is 0 Å². The number of rotatable bonds is 4. The van der Waals surface area contributed by atoms with Crippen molar-refractivity contribution in [2.45, 2.75) is 19.8 Å². The number of nitrogens with zero attached hydrogens (tertiary/aromatic N) is 3. The molecule has 0 radical (unpaired) electrons. The molecular weight excluding hydrogens is 214 g/mol. The van der Waals surface area contributed by atoms with Crippen molar-refractivity contribution in [2.75, 3.05) is 0 Å². The first-order valence-electron chi connectivity index (χ1n) is 5.65. The van der Waals surface area contributed by atoms with Crippen molar-refractivity contribution in [2.24, 2.45) is 7.05 Å². The van der Waals surface area contributed by atoms with Gasteiger partial charge < -0.3 is 0 Å². The molecule has 0 aliphatic rings. The Hall–Kier alpha value is -1.97. The lowest BCUT2D eigenvalue weighted by Gasteiger charge is -2.04. The van der Waals surface area contributed by atoms with Crippen molar-refractivity contribution in [1.29, 1.82) is 0 Å². The van der Waals surface area contributed by atoms with Crippen molar-refractivity contribution in [3.63, 3.8) is 0 Å². The fourth-order valence-corrected chi connectivity index (χ4v) is 1.80. The summed E-state index contributed by atoms with van der Waals surface area (Å²) in [4.78, 5) is 16.2. The van der Waals surface area contributed by atoms with Crippen LogP contribution in [0.5, 0.6) is 0 Å². The van der Waals surface area contributed by atoms with E-state index >= 15 is 0 Å². The van der Waals surface area contributed by atoms with E-state index in [1.165, 1.54) is 0 Å². The van der Waals surface area contributed by atoms with Crippen LogP contribution in [-0.2, 0) is 19.9 Å². The molecule has 0 saturated heterocycles. The Balaban J connectivity index is 2.20. The van der Waals surface area contributed by atoms with Crippen molar-refractivity contribution < 1.29 is 4.79 Å². The van der Waals surface area contributed by atoms with Crippen molar-refractivity contribution in [3.05, 3.63) is 47.5 Å². The summed E-state index contributed by atoms with van der Waals surface area (Å²) in [5.41, 5.74) is 2.55. The largest absolute Gasteiger partial charge is 0.294 e. The van der Waals surface area contributed by atoms with Crippen LogP contribution < -0.4 is 0 Å². The van der Waals surface area contributed by atoms with Crippen LogP contribution in [-0.4, -0.2) is 20.5 Å². The van der Waals surface area contributed by atoms with E-state index in [1.807, 2.05) is 26.2 Å². The molecule has 0 bridgehead atoms. The van der Waals surface area contributed by atoms with Gasteiger partial charge in [-0.05, 0) is 24.1 Å². The monoisotopic (exact) mass is 229 g/mol. The number of Topliss-reactive ketones (excluding diaryl/α,β-unsaturated/α-hetero) is 1. The number of carbonyl (C=O) groups excluding carboxylic acids is 1. The first-order chi connectivity index (χ1) is 8.20. The van der Waals surface area contributed by atoms with Crippen molar-refractivity contribution >= 4 is 5.78 Å². The lowest BCUT2D eigenvalue weighted by molar-refractivity contribution is 0.0991. The highest BCUT2D eigenvalue weighted by molar-refractivity contribution is 5.98. The average molecular weight is 229 g/mol. The summed E-state index contributed by atoms with van der Waals surface area (Å²) in [6.07, 6.45) is 6.42. The second kappa shape index (κ2) is 4.91. The van der Waals surface area contributed by atoms with E-state index in [-0.39, 0.29) is 5.78 Å². The van der Waals surface area contributed by atoms with Gasteiger partial charge in [0.25, 0.3) is 0 Å². The number of aryl methyl sites for hydroxylation is 2. The topological polar surface area (TPSA) is 47.8 Å². The zero-order chi connectivity index (χ0) is 12.3. The summed E-state index contributed by atoms with van der Waals surface area (Å²) in [6.45, 7) is 2.02. The molecule has 17 heavy (non-hydrogen) atoms. The highest BCUT2D eigenvalue weighted by Crippen LogP contribution is 2.11. The van der Waals surface area contributed by atoms with Crippen LogP contribution in [0.15, 0.2) is 30.7 Å². The van der Waals surface area contributed by atoms with Crippen LogP contribution in [0.2, 0.25) is 0 Å². The molecule has 0 N–H and O–H groups in total. The fourth-order valence-electron chi connectivity index (χ4n) is 1.80. The second-order valence-corrected chi connectivity index (χ2v) is 3.97. The van der Waals surface area contributed by atoms with Crippen LogP contribution in [0.3, 0.4) is 0 Å². The summed E-state index contributed by atoms with van der Waals surface area (Å²) in [7, 11) is 1.85. The van der Waals surface area contributed by atoms with Gasteiger partial charge in [-0.15, -0.1) is 0 Å². The van der Waals surface area contributed by atoms with Gasteiger partial charge in [-0.2, -0.15) is 5.10 Å². The zero-order valence-electron chi connectivity index (χ0n) is 10.1. The van der Waals surface area contributed by atoms with E-state index in [0.717, 1.165) is 23.2 Å². The second-order valence-electron chi connectivity index (χ2n) is 3.97. The maximum atomic E-state index is 12.1. The first-order valence-corrected chi connectivity index (χ1v) is 5.65. The van der Waals surface area contributed by atoms with Crippen LogP contribution in [0.1, 0.15) is 28.5 Å². The summed E-state index contributed by atoms with van der Waals surface area (Å²) in [5, 5.41) is 4.21. The molecule has 88 valence electrons. The minimum Gasteiger partial charge on any atom is -0.294 e. The number of hydrogen-bond acceptors (Lipinski definition) is 3. The standard InChI is InChI=1S/C13H15N3O/c1-3-10-9-14-6-4-12(10)13(17)8-11-5-7-16(2)15-11/h4-7,9H,3,8H2,1-2H3. The van der Waals surface area contributed by atoms with E-state index in [2.05, 4.69) is 10.1 Å². The van der Waals surface area contributed by atoms with Gasteiger partial charge in [0.15, 0.2) is 5.78 Å². The predicted octanol–water partition coefficient (Wildman–Crippen LogP) is 1.80. The molecule has 0 saturated carbocycles. The third-order valence-electron chi connectivity index (χ3n) is 2.70. The molecule has 0 atom stereocenters. The van der Waals surface area contributed by atoms with Gasteiger partial charge in [0.05, 0.1) is 12.1 Å². The normalized spacial score (nSPS) is 10.5. The minimum atomic E-state index is 0.1000. The highest BCUT2D eigenvalue weighted by atomic mass is 16.1. The Morgan fingerprint density at radius 3 is 2.88 bits per heavy atom. The number of hydrogen-bond donors (Lipinski definition) is 0. The van der Waals surface area contributed by atoms with Crippen molar-refractivity contribution in [1.82, 2.24) is 14.8 Å². The summed E-state index contributed by atoms with van der Waals surface area (Å²) in [6, 6.07) is 3.65. The first kappa shape index (κ1) is 11.5. The predicted molar refractivity (Wildman–Crippen MR) is 64.9 cm³/mol. The molecule has 0 aromatic carbocycles. The van der Waals surface area contributed by atoms with Gasteiger partial charge in [0.1, 0.15) is 0 Å². The Morgan fingerprint density at radius 2 is 2.24 bits per heavy atom. The maximum absolute atomic E-state index is 12.1. The van der Waals surface area contributed by atoms with E-state index in [4.69, 9.17) is 0 Å². The zero-order valence-corrected chi connectivity index (χ0v) is 10.1. The molecule has 0 unspecified atom stereocenters. The lowest BCUT2D eigenvalue weighted by Crippen LogP contribution is -2.08. The van der Waals surface area contributed by atoms with Gasteiger partial charge in [-0.25, -0.2) is 0 Å². The molecular formula is C13H15N3O. The van der Waals surface area contributed by atoms with E-state index in [1.54, 1.807) is 23.1 Å². The van der Waals surface area contributed by atoms with Gasteiger partial charge in [-0.1, -0.05) is 6.92 Å². The third kappa shape index (κ3) is 2.58. The molecule has 0 fully saturated rings. The number of pyridine rings is 1. The Labute approximate surface area is 100 Å². The van der Waals surface area contributed by atoms with E-state index in [0.29, 0.717) is 6.42 Å². The molecule has 0 aliphatic carbocycles. The highest BCUT2D eigenvalue weighted by Gasteiger charge is 2.12. The molecule has 0 amide bonds. The van der Waals surface area contributed by atoms with Gasteiger partial charge in [-0.3, -0.25) is 14.5 Å². The Kier molecular flexibility index (Phi) is 3.32. The molecule has 2 aromatic rings. The Bertz CT molecular complexity index is 531. The average Bonchev–Trinajstić information content (AvgIpc) is 2.74. The number of aromatic nitrogens is 3. The van der Waals surface area contributed by atoms with Gasteiger partial charge in [0, 0.05) is 31.2 Å². The number of ketones is 1. The van der Waals surface area contributed by atoms with Crippen LogP contribution in [0.25, 0.3) is 0 Å². The molecule has 2 rings (SSSR count). The third-order valence-corrected chi connectivity index (χ3v) is 2.70. The molecule has 4 heteroatoms. The summed E-state index contributed by atoms with van der Waals surface area (Å²) < 4.78 is 1.70. The molecule has 0 spiro atoms. The van der Waals surface area contributed by atoms with Crippen molar-refractivity contribution in [3.8, 4) is 0 Å². The summed E-state index contributed by atoms with van der Waals surface area (Å²) >= 11 is 0.